The van der Waals surface area contributed by atoms with Gasteiger partial charge in [-0.15, -0.1) is 0 Å². The van der Waals surface area contributed by atoms with Crippen molar-refractivity contribution in [1.82, 2.24) is 0 Å². The van der Waals surface area contributed by atoms with Gasteiger partial charge in [-0.25, -0.2) is 0 Å². The van der Waals surface area contributed by atoms with E-state index in [0.29, 0.717) is 6.42 Å². The largest absolute Gasteiger partial charge is 0.366 e. The molecule has 3 N–H and O–H groups in total. The van der Waals surface area contributed by atoms with Crippen LogP contribution in [-0.4, -0.2) is 23.4 Å². The zero-order valence-corrected chi connectivity index (χ0v) is 8.20. The summed E-state index contributed by atoms with van der Waals surface area (Å²) in [6.07, 6.45) is -0.354. The van der Waals surface area contributed by atoms with E-state index >= 15 is 0 Å². The molecule has 0 saturated heterocycles. The van der Waals surface area contributed by atoms with E-state index in [-0.39, 0.29) is 6.23 Å². The molecule has 0 spiro atoms. The van der Waals surface area contributed by atoms with Gasteiger partial charge in [-0.3, -0.25) is 0 Å². The molecule has 12 heavy (non-hydrogen) atoms. The van der Waals surface area contributed by atoms with Gasteiger partial charge in [0.1, 0.15) is 6.23 Å². The van der Waals surface area contributed by atoms with Crippen molar-refractivity contribution in [2.45, 2.75) is 52.4 Å². The first-order valence-corrected chi connectivity index (χ1v) is 4.18. The maximum absolute atomic E-state index is 9.46. The van der Waals surface area contributed by atoms with Crippen molar-refractivity contribution >= 4 is 0 Å². The Balaban J connectivity index is 3.75. The van der Waals surface area contributed by atoms with E-state index in [2.05, 4.69) is 0 Å². The Morgan fingerprint density at radius 1 is 1.50 bits per heavy atom. The molecule has 0 amide bonds. The quantitative estimate of drug-likeness (QED) is 0.609. The van der Waals surface area contributed by atoms with Crippen LogP contribution in [0.2, 0.25) is 0 Å². The van der Waals surface area contributed by atoms with Gasteiger partial charge < -0.3 is 20.3 Å². The number of rotatable bonds is 5. The molecule has 0 aromatic heterocycles. The van der Waals surface area contributed by atoms with Crippen molar-refractivity contribution in [3.8, 4) is 0 Å². The number of aliphatic hydroxyl groups is 1. The van der Waals surface area contributed by atoms with Crippen molar-refractivity contribution < 1.29 is 14.6 Å². The van der Waals surface area contributed by atoms with Crippen molar-refractivity contribution in [3.63, 3.8) is 0 Å². The van der Waals surface area contributed by atoms with Crippen molar-refractivity contribution in [3.05, 3.63) is 0 Å². The fraction of sp³-hybridized carbons (Fsp3) is 1.00. The third kappa shape index (κ3) is 5.49. The van der Waals surface area contributed by atoms with Crippen LogP contribution in [0, 0.1) is 0 Å². The first-order chi connectivity index (χ1) is 5.37. The number of hydrogen-bond acceptors (Lipinski definition) is 4. The lowest BCUT2D eigenvalue weighted by Gasteiger charge is -2.27. The second-order valence-corrected chi connectivity index (χ2v) is 3.06. The Bertz CT molecular complexity index is 125. The average Bonchev–Trinajstić information content (AvgIpc) is 1.84. The van der Waals surface area contributed by atoms with Gasteiger partial charge in [-0.2, -0.15) is 0 Å². The Morgan fingerprint density at radius 3 is 2.33 bits per heavy atom. The summed E-state index contributed by atoms with van der Waals surface area (Å²) in [5, 5.41) is 9.46. The minimum Gasteiger partial charge on any atom is -0.366 e. The van der Waals surface area contributed by atoms with E-state index in [9.17, 15) is 5.11 Å². The highest BCUT2D eigenvalue weighted by atomic mass is 16.7. The predicted octanol–water partition coefficient (Wildman–Crippen LogP) is 0.789. The highest BCUT2D eigenvalue weighted by Crippen LogP contribution is 2.13. The van der Waals surface area contributed by atoms with Crippen molar-refractivity contribution in [2.75, 3.05) is 0 Å². The zero-order chi connectivity index (χ0) is 9.78. The Labute approximate surface area is 73.7 Å². The Hall–Kier alpha value is -0.160. The van der Waals surface area contributed by atoms with E-state index in [0.717, 1.165) is 0 Å². The minimum atomic E-state index is -1.13. The van der Waals surface area contributed by atoms with Crippen LogP contribution < -0.4 is 5.73 Å². The summed E-state index contributed by atoms with van der Waals surface area (Å²) in [6.45, 7) is 6.83. The highest BCUT2D eigenvalue weighted by molar-refractivity contribution is 4.56. The van der Waals surface area contributed by atoms with E-state index in [1.807, 2.05) is 6.92 Å². The fourth-order valence-electron chi connectivity index (χ4n) is 0.771. The molecule has 3 atom stereocenters. The molecule has 0 aliphatic rings. The van der Waals surface area contributed by atoms with Crippen LogP contribution in [0.4, 0.5) is 0 Å². The van der Waals surface area contributed by atoms with E-state index in [1.165, 1.54) is 0 Å². The SMILES string of the molecule is CCC(C)(O)OC(C)OC(C)N. The van der Waals surface area contributed by atoms with Crippen LogP contribution in [0.3, 0.4) is 0 Å². The molecular formula is C8H19NO3. The van der Waals surface area contributed by atoms with Crippen molar-refractivity contribution in [1.29, 1.82) is 0 Å². The van der Waals surface area contributed by atoms with Crippen molar-refractivity contribution in [2.24, 2.45) is 5.73 Å². The molecule has 0 aliphatic carbocycles. The average molecular weight is 177 g/mol. The van der Waals surface area contributed by atoms with Gasteiger partial charge in [0.2, 0.25) is 0 Å². The van der Waals surface area contributed by atoms with Gasteiger partial charge in [-0.1, -0.05) is 6.92 Å². The number of nitrogens with two attached hydrogens (primary N) is 1. The molecule has 4 nitrogen and oxygen atoms in total. The van der Waals surface area contributed by atoms with Gasteiger partial charge in [-0.05, 0) is 27.2 Å². The van der Waals surface area contributed by atoms with Crippen LogP contribution in [0.1, 0.15) is 34.1 Å². The van der Waals surface area contributed by atoms with E-state index < -0.39 is 12.1 Å². The summed E-state index contributed by atoms with van der Waals surface area (Å²) in [6, 6.07) is 0. The van der Waals surface area contributed by atoms with Gasteiger partial charge in [0.25, 0.3) is 0 Å². The molecule has 0 heterocycles. The lowest BCUT2D eigenvalue weighted by atomic mass is 10.2. The summed E-state index contributed by atoms with van der Waals surface area (Å²) in [5.41, 5.74) is 5.37. The van der Waals surface area contributed by atoms with Crippen LogP contribution in [0.25, 0.3) is 0 Å². The summed E-state index contributed by atoms with van der Waals surface area (Å²) < 4.78 is 10.2. The lowest BCUT2D eigenvalue weighted by Crippen LogP contribution is -2.35. The number of ether oxygens (including phenoxy) is 2. The molecule has 0 radical (unpaired) electrons. The molecule has 4 heteroatoms. The van der Waals surface area contributed by atoms with Crippen LogP contribution in [0.15, 0.2) is 0 Å². The zero-order valence-electron chi connectivity index (χ0n) is 8.20. The second-order valence-electron chi connectivity index (χ2n) is 3.06. The van der Waals surface area contributed by atoms with Gasteiger partial charge in [0.15, 0.2) is 12.1 Å². The monoisotopic (exact) mass is 177 g/mol. The van der Waals surface area contributed by atoms with Gasteiger partial charge in [0, 0.05) is 0 Å². The molecule has 0 bridgehead atoms. The normalized spacial score (nSPS) is 21.5. The van der Waals surface area contributed by atoms with E-state index in [4.69, 9.17) is 15.2 Å². The molecule has 0 aromatic rings. The molecular weight excluding hydrogens is 158 g/mol. The molecule has 74 valence electrons. The first-order valence-electron chi connectivity index (χ1n) is 4.18. The van der Waals surface area contributed by atoms with Gasteiger partial charge >= 0.3 is 0 Å². The Morgan fingerprint density at radius 2 is 2.00 bits per heavy atom. The summed E-state index contributed by atoms with van der Waals surface area (Å²) in [4.78, 5) is 0. The van der Waals surface area contributed by atoms with E-state index in [1.54, 1.807) is 20.8 Å². The number of hydrogen-bond donors (Lipinski definition) is 2. The molecule has 0 rings (SSSR count). The third-order valence-corrected chi connectivity index (χ3v) is 1.48. The summed E-state index contributed by atoms with van der Waals surface area (Å²) >= 11 is 0. The van der Waals surface area contributed by atoms with Crippen LogP contribution in [0.5, 0.6) is 0 Å². The molecule has 0 fully saturated rings. The Kier molecular flexibility index (Phi) is 4.70. The standard InChI is InChI=1S/C8H19NO3/c1-5-8(4,10)12-7(3)11-6(2)9/h6-7,10H,5,9H2,1-4H3. The fourth-order valence-corrected chi connectivity index (χ4v) is 0.771. The molecule has 0 saturated carbocycles. The predicted molar refractivity (Wildman–Crippen MR) is 46.2 cm³/mol. The third-order valence-electron chi connectivity index (χ3n) is 1.48. The molecule has 3 unspecified atom stereocenters. The molecule has 0 aromatic carbocycles. The summed E-state index contributed by atoms with van der Waals surface area (Å²) in [5.74, 6) is -1.13. The topological polar surface area (TPSA) is 64.7 Å². The summed E-state index contributed by atoms with van der Waals surface area (Å²) in [7, 11) is 0. The van der Waals surface area contributed by atoms with Crippen LogP contribution in [-0.2, 0) is 9.47 Å². The lowest BCUT2D eigenvalue weighted by molar-refractivity contribution is -0.285. The van der Waals surface area contributed by atoms with Crippen LogP contribution >= 0.6 is 0 Å². The highest BCUT2D eigenvalue weighted by Gasteiger charge is 2.22. The van der Waals surface area contributed by atoms with Gasteiger partial charge in [0.05, 0.1) is 0 Å². The smallest absolute Gasteiger partial charge is 0.165 e. The maximum Gasteiger partial charge on any atom is 0.165 e. The first kappa shape index (κ1) is 11.8. The maximum atomic E-state index is 9.46. The second kappa shape index (κ2) is 4.77. The molecule has 0 aliphatic heterocycles. The minimum absolute atomic E-state index is 0.382.